The summed E-state index contributed by atoms with van der Waals surface area (Å²) in [6, 6.07) is 5.51. The van der Waals surface area contributed by atoms with E-state index in [0.29, 0.717) is 12.1 Å². The largest absolute Gasteiger partial charge is 0.417 e. The molecule has 0 amide bonds. The first-order chi connectivity index (χ1) is 11.7. The fourth-order valence-corrected chi connectivity index (χ4v) is 2.41. The van der Waals surface area contributed by atoms with Crippen LogP contribution in [0, 0.1) is 17.5 Å². The van der Waals surface area contributed by atoms with Crippen molar-refractivity contribution >= 4 is 0 Å². The fourth-order valence-electron chi connectivity index (χ4n) is 2.41. The Morgan fingerprint density at radius 2 is 1.56 bits per heavy atom. The van der Waals surface area contributed by atoms with Crippen LogP contribution >= 0.6 is 0 Å². The fraction of sp³-hybridized carbons (Fsp3) is 0.125. The van der Waals surface area contributed by atoms with Crippen molar-refractivity contribution in [3.05, 3.63) is 59.4 Å². The smallest absolute Gasteiger partial charge is 0.248 e. The summed E-state index contributed by atoms with van der Waals surface area (Å²) < 4.78 is 81.1. The second-order valence-electron chi connectivity index (χ2n) is 5.17. The molecule has 0 fully saturated rings. The van der Waals surface area contributed by atoms with Crippen LogP contribution in [-0.4, -0.2) is 14.8 Å². The first-order valence-corrected chi connectivity index (χ1v) is 6.91. The average molecular weight is 357 g/mol. The number of halogens is 6. The Morgan fingerprint density at radius 3 is 2.16 bits per heavy atom. The third kappa shape index (κ3) is 3.09. The summed E-state index contributed by atoms with van der Waals surface area (Å²) in [7, 11) is 1.29. The monoisotopic (exact) mass is 357 g/mol. The molecule has 130 valence electrons. The van der Waals surface area contributed by atoms with Crippen LogP contribution in [0.1, 0.15) is 5.56 Å². The van der Waals surface area contributed by atoms with Gasteiger partial charge in [0.1, 0.15) is 17.5 Å². The van der Waals surface area contributed by atoms with Crippen molar-refractivity contribution in [1.29, 1.82) is 0 Å². The van der Waals surface area contributed by atoms with E-state index in [1.54, 1.807) is 0 Å². The molecule has 0 N–H and O–H groups in total. The first-order valence-electron chi connectivity index (χ1n) is 6.91. The summed E-state index contributed by atoms with van der Waals surface area (Å²) >= 11 is 0. The maximum atomic E-state index is 13.9. The third-order valence-electron chi connectivity index (χ3n) is 3.47. The number of nitrogens with zero attached hydrogens (tertiary/aromatic N) is 3. The van der Waals surface area contributed by atoms with E-state index in [2.05, 4.69) is 10.1 Å². The summed E-state index contributed by atoms with van der Waals surface area (Å²) in [6.07, 6.45) is -4.64. The lowest BCUT2D eigenvalue weighted by molar-refractivity contribution is -0.137. The molecule has 3 aromatic rings. The van der Waals surface area contributed by atoms with Crippen molar-refractivity contribution in [2.45, 2.75) is 6.18 Å². The van der Waals surface area contributed by atoms with Crippen molar-refractivity contribution in [2.75, 3.05) is 0 Å². The van der Waals surface area contributed by atoms with Crippen LogP contribution in [0.2, 0.25) is 0 Å². The van der Waals surface area contributed by atoms with Crippen LogP contribution in [0.15, 0.2) is 36.4 Å². The van der Waals surface area contributed by atoms with Crippen molar-refractivity contribution in [3.63, 3.8) is 0 Å². The van der Waals surface area contributed by atoms with Gasteiger partial charge in [0, 0.05) is 24.7 Å². The number of aromatic nitrogens is 3. The molecule has 3 nitrogen and oxygen atoms in total. The first kappa shape index (κ1) is 17.0. The minimum atomic E-state index is -4.64. The predicted molar refractivity (Wildman–Crippen MR) is 76.8 cm³/mol. The zero-order valence-electron chi connectivity index (χ0n) is 12.6. The quantitative estimate of drug-likeness (QED) is 0.629. The van der Waals surface area contributed by atoms with Gasteiger partial charge < -0.3 is 0 Å². The van der Waals surface area contributed by atoms with E-state index < -0.39 is 40.6 Å². The molecule has 1 aromatic heterocycles. The topological polar surface area (TPSA) is 30.7 Å². The van der Waals surface area contributed by atoms with Crippen LogP contribution in [0.5, 0.6) is 0 Å². The summed E-state index contributed by atoms with van der Waals surface area (Å²) in [6.45, 7) is 0. The Bertz CT molecular complexity index is 922. The maximum absolute atomic E-state index is 13.9. The van der Waals surface area contributed by atoms with Gasteiger partial charge in [0.15, 0.2) is 11.6 Å². The molecule has 3 rings (SSSR count). The van der Waals surface area contributed by atoms with Gasteiger partial charge in [-0.15, -0.1) is 0 Å². The lowest BCUT2D eigenvalue weighted by Gasteiger charge is -2.11. The lowest BCUT2D eigenvalue weighted by Crippen LogP contribution is -2.08. The van der Waals surface area contributed by atoms with Crippen molar-refractivity contribution in [1.82, 2.24) is 14.8 Å². The van der Waals surface area contributed by atoms with Crippen molar-refractivity contribution < 1.29 is 26.3 Å². The summed E-state index contributed by atoms with van der Waals surface area (Å²) in [5.41, 5.74) is -1.97. The van der Waals surface area contributed by atoms with E-state index >= 15 is 0 Å². The normalized spacial score (nSPS) is 11.8. The zero-order chi connectivity index (χ0) is 18.4. The highest BCUT2D eigenvalue weighted by Gasteiger charge is 2.34. The van der Waals surface area contributed by atoms with Gasteiger partial charge in [0.25, 0.3) is 0 Å². The maximum Gasteiger partial charge on any atom is 0.417 e. The second-order valence-corrected chi connectivity index (χ2v) is 5.17. The van der Waals surface area contributed by atoms with Crippen LogP contribution < -0.4 is 0 Å². The molecular formula is C16H9F6N3. The molecule has 9 heteroatoms. The zero-order valence-corrected chi connectivity index (χ0v) is 12.6. The molecule has 0 radical (unpaired) electrons. The number of alkyl halides is 3. The Balaban J connectivity index is 2.19. The van der Waals surface area contributed by atoms with E-state index in [1.807, 2.05) is 0 Å². The predicted octanol–water partition coefficient (Wildman–Crippen LogP) is 4.59. The highest BCUT2D eigenvalue weighted by atomic mass is 19.4. The van der Waals surface area contributed by atoms with Crippen molar-refractivity contribution in [2.24, 2.45) is 7.05 Å². The van der Waals surface area contributed by atoms with Crippen LogP contribution in [-0.2, 0) is 13.2 Å². The molecule has 0 aliphatic carbocycles. The minimum Gasteiger partial charge on any atom is -0.248 e. The number of hydrogen-bond acceptors (Lipinski definition) is 2. The molecule has 0 aliphatic heterocycles. The molecule has 0 spiro atoms. The van der Waals surface area contributed by atoms with Gasteiger partial charge >= 0.3 is 6.18 Å². The van der Waals surface area contributed by atoms with Crippen LogP contribution in [0.3, 0.4) is 0 Å². The molecule has 1 heterocycles. The second kappa shape index (κ2) is 5.91. The molecule has 0 bridgehead atoms. The molecule has 25 heavy (non-hydrogen) atoms. The minimum absolute atomic E-state index is 0.231. The van der Waals surface area contributed by atoms with E-state index in [-0.39, 0.29) is 11.4 Å². The highest BCUT2D eigenvalue weighted by Crippen LogP contribution is 2.37. The lowest BCUT2D eigenvalue weighted by atomic mass is 10.1. The highest BCUT2D eigenvalue weighted by molar-refractivity contribution is 5.65. The molecular weight excluding hydrogens is 348 g/mol. The van der Waals surface area contributed by atoms with E-state index in [0.717, 1.165) is 10.7 Å². The van der Waals surface area contributed by atoms with Gasteiger partial charge in [-0.25, -0.2) is 22.8 Å². The SMILES string of the molecule is Cn1nc(-c2c(F)cc(F)cc2F)nc1-c1ccccc1C(F)(F)F. The Morgan fingerprint density at radius 1 is 0.960 bits per heavy atom. The molecule has 0 unspecified atom stereocenters. The summed E-state index contributed by atoms with van der Waals surface area (Å²) in [5.74, 6) is -4.34. The van der Waals surface area contributed by atoms with Gasteiger partial charge in [0.05, 0.1) is 11.1 Å². The molecule has 0 saturated heterocycles. The summed E-state index contributed by atoms with van der Waals surface area (Å²) in [4.78, 5) is 3.83. The van der Waals surface area contributed by atoms with Crippen molar-refractivity contribution in [3.8, 4) is 22.8 Å². The number of aryl methyl sites for hydroxylation is 1. The Hall–Kier alpha value is -2.84. The van der Waals surface area contributed by atoms with Gasteiger partial charge in [0.2, 0.25) is 0 Å². The molecule has 0 atom stereocenters. The summed E-state index contributed by atoms with van der Waals surface area (Å²) in [5, 5.41) is 3.77. The molecule has 0 aliphatic rings. The van der Waals surface area contributed by atoms with Gasteiger partial charge in [-0.2, -0.15) is 18.3 Å². The van der Waals surface area contributed by atoms with Gasteiger partial charge in [-0.05, 0) is 6.07 Å². The Labute approximate surface area is 137 Å². The molecule has 0 saturated carbocycles. The van der Waals surface area contributed by atoms with Gasteiger partial charge in [-0.3, -0.25) is 0 Å². The molecule has 2 aromatic carbocycles. The Kier molecular flexibility index (Phi) is 4.02. The van der Waals surface area contributed by atoms with E-state index in [4.69, 9.17) is 0 Å². The average Bonchev–Trinajstić information content (AvgIpc) is 2.86. The van der Waals surface area contributed by atoms with E-state index in [9.17, 15) is 26.3 Å². The number of hydrogen-bond donors (Lipinski definition) is 0. The number of rotatable bonds is 2. The number of benzene rings is 2. The third-order valence-corrected chi connectivity index (χ3v) is 3.47. The standard InChI is InChI=1S/C16H9F6N3/c1-25-15(9-4-2-3-5-10(9)16(20,21)22)23-14(24-25)13-11(18)6-8(17)7-12(13)19/h2-7H,1H3. The van der Waals surface area contributed by atoms with Crippen LogP contribution in [0.25, 0.3) is 22.8 Å². The van der Waals surface area contributed by atoms with Crippen LogP contribution in [0.4, 0.5) is 26.3 Å². The van der Waals surface area contributed by atoms with Gasteiger partial charge in [-0.1, -0.05) is 18.2 Å². The van der Waals surface area contributed by atoms with E-state index in [1.165, 1.54) is 25.2 Å².